The number of carbonyl (C=O) groups is 1. The van der Waals surface area contributed by atoms with E-state index in [1.54, 1.807) is 6.34 Å². The van der Waals surface area contributed by atoms with Crippen LogP contribution in [0, 0.1) is 5.92 Å². The first kappa shape index (κ1) is 9.03. The molecule has 0 radical (unpaired) electrons. The van der Waals surface area contributed by atoms with Gasteiger partial charge in [-0.25, -0.2) is 0 Å². The molecule has 0 fully saturated rings. The molecule has 68 valence electrons. The number of nitrogens with zero attached hydrogens (tertiary/aromatic N) is 2. The molecule has 0 aliphatic carbocycles. The lowest BCUT2D eigenvalue weighted by Crippen LogP contribution is -2.38. The van der Waals surface area contributed by atoms with Crippen molar-refractivity contribution in [3.63, 3.8) is 0 Å². The molecule has 0 aromatic heterocycles. The Kier molecular flexibility index (Phi) is 3.08. The molecule has 1 aliphatic heterocycles. The Morgan fingerprint density at radius 2 is 2.58 bits per heavy atom. The third-order valence-corrected chi connectivity index (χ3v) is 1.97. The van der Waals surface area contributed by atoms with E-state index in [1.807, 2.05) is 11.8 Å². The molecular weight excluding hydrogens is 156 g/mol. The number of esters is 1. The highest BCUT2D eigenvalue weighted by Gasteiger charge is 2.22. The normalized spacial score (nSPS) is 22.5. The molecule has 4 nitrogen and oxygen atoms in total. The SMILES string of the molecule is CCN1C=NCC(C(=O)OC)C1. The molecule has 1 heterocycles. The highest BCUT2D eigenvalue weighted by atomic mass is 16.5. The average Bonchev–Trinajstić information content (AvgIpc) is 2.17. The molecule has 0 saturated heterocycles. The Morgan fingerprint density at radius 3 is 3.17 bits per heavy atom. The molecule has 0 saturated carbocycles. The minimum absolute atomic E-state index is 0.0834. The van der Waals surface area contributed by atoms with Crippen molar-refractivity contribution >= 4 is 12.3 Å². The fourth-order valence-electron chi connectivity index (χ4n) is 1.20. The van der Waals surface area contributed by atoms with Gasteiger partial charge in [0.05, 0.1) is 25.9 Å². The van der Waals surface area contributed by atoms with E-state index < -0.39 is 0 Å². The van der Waals surface area contributed by atoms with E-state index in [1.165, 1.54) is 7.11 Å². The van der Waals surface area contributed by atoms with Crippen LogP contribution in [0.4, 0.5) is 0 Å². The van der Waals surface area contributed by atoms with Crippen molar-refractivity contribution in [2.24, 2.45) is 10.9 Å². The fourth-order valence-corrected chi connectivity index (χ4v) is 1.20. The maximum absolute atomic E-state index is 11.1. The van der Waals surface area contributed by atoms with E-state index in [0.717, 1.165) is 13.1 Å². The van der Waals surface area contributed by atoms with Crippen molar-refractivity contribution in [3.8, 4) is 0 Å². The van der Waals surface area contributed by atoms with Gasteiger partial charge in [0.1, 0.15) is 0 Å². The quantitative estimate of drug-likeness (QED) is 0.553. The largest absolute Gasteiger partial charge is 0.469 e. The second-order valence-electron chi connectivity index (χ2n) is 2.79. The Bertz CT molecular complexity index is 191. The van der Waals surface area contributed by atoms with Crippen molar-refractivity contribution in [2.75, 3.05) is 26.7 Å². The number of methoxy groups -OCH3 is 1. The van der Waals surface area contributed by atoms with Gasteiger partial charge in [0.25, 0.3) is 0 Å². The molecule has 0 aromatic rings. The van der Waals surface area contributed by atoms with Crippen LogP contribution in [-0.2, 0) is 9.53 Å². The fraction of sp³-hybridized carbons (Fsp3) is 0.750. The van der Waals surface area contributed by atoms with Crippen molar-refractivity contribution < 1.29 is 9.53 Å². The van der Waals surface area contributed by atoms with Crippen LogP contribution in [0.5, 0.6) is 0 Å². The first-order chi connectivity index (χ1) is 5.77. The van der Waals surface area contributed by atoms with Crippen molar-refractivity contribution in [1.29, 1.82) is 0 Å². The Balaban J connectivity index is 2.49. The van der Waals surface area contributed by atoms with Crippen LogP contribution in [0.3, 0.4) is 0 Å². The molecular formula is C8H14N2O2. The van der Waals surface area contributed by atoms with Crippen LogP contribution >= 0.6 is 0 Å². The predicted octanol–water partition coefficient (Wildman–Crippen LogP) is 0.139. The number of ether oxygens (including phenoxy) is 1. The van der Waals surface area contributed by atoms with E-state index in [4.69, 9.17) is 0 Å². The monoisotopic (exact) mass is 170 g/mol. The van der Waals surface area contributed by atoms with Gasteiger partial charge in [-0.1, -0.05) is 0 Å². The summed E-state index contributed by atoms with van der Waals surface area (Å²) in [4.78, 5) is 17.2. The molecule has 1 unspecified atom stereocenters. The summed E-state index contributed by atoms with van der Waals surface area (Å²) in [5.41, 5.74) is 0. The summed E-state index contributed by atoms with van der Waals surface area (Å²) in [5, 5.41) is 0. The molecule has 0 aromatic carbocycles. The lowest BCUT2D eigenvalue weighted by atomic mass is 10.1. The minimum atomic E-state index is -0.162. The summed E-state index contributed by atoms with van der Waals surface area (Å²) >= 11 is 0. The molecule has 0 bridgehead atoms. The van der Waals surface area contributed by atoms with Gasteiger partial charge in [0, 0.05) is 13.1 Å². The molecule has 0 N–H and O–H groups in total. The summed E-state index contributed by atoms with van der Waals surface area (Å²) in [6, 6.07) is 0. The molecule has 1 aliphatic rings. The van der Waals surface area contributed by atoms with Gasteiger partial charge < -0.3 is 9.64 Å². The Hall–Kier alpha value is -1.06. The summed E-state index contributed by atoms with van der Waals surface area (Å²) in [7, 11) is 1.41. The van der Waals surface area contributed by atoms with E-state index in [0.29, 0.717) is 6.54 Å². The molecule has 0 spiro atoms. The predicted molar refractivity (Wildman–Crippen MR) is 46.1 cm³/mol. The van der Waals surface area contributed by atoms with Gasteiger partial charge in [0.15, 0.2) is 0 Å². The number of rotatable bonds is 2. The van der Waals surface area contributed by atoms with Crippen LogP contribution in [0.1, 0.15) is 6.92 Å². The zero-order valence-electron chi connectivity index (χ0n) is 7.49. The van der Waals surface area contributed by atoms with Crippen LogP contribution in [-0.4, -0.2) is 44.0 Å². The van der Waals surface area contributed by atoms with Crippen LogP contribution in [0.15, 0.2) is 4.99 Å². The van der Waals surface area contributed by atoms with Crippen LogP contribution in [0.2, 0.25) is 0 Å². The van der Waals surface area contributed by atoms with E-state index in [-0.39, 0.29) is 11.9 Å². The Morgan fingerprint density at radius 1 is 1.83 bits per heavy atom. The van der Waals surface area contributed by atoms with E-state index >= 15 is 0 Å². The lowest BCUT2D eigenvalue weighted by molar-refractivity contribution is -0.145. The van der Waals surface area contributed by atoms with E-state index in [9.17, 15) is 4.79 Å². The molecule has 4 heteroatoms. The van der Waals surface area contributed by atoms with Gasteiger partial charge in [0.2, 0.25) is 0 Å². The zero-order chi connectivity index (χ0) is 8.97. The number of carbonyl (C=O) groups excluding carboxylic acids is 1. The van der Waals surface area contributed by atoms with Crippen molar-refractivity contribution in [2.45, 2.75) is 6.92 Å². The zero-order valence-corrected chi connectivity index (χ0v) is 7.49. The first-order valence-electron chi connectivity index (χ1n) is 4.09. The summed E-state index contributed by atoms with van der Waals surface area (Å²) < 4.78 is 4.64. The first-order valence-corrected chi connectivity index (χ1v) is 4.09. The summed E-state index contributed by atoms with van der Waals surface area (Å²) in [6.45, 7) is 4.21. The number of aliphatic imine (C=N–C) groups is 1. The molecule has 1 atom stereocenters. The maximum atomic E-state index is 11.1. The number of hydrogen-bond donors (Lipinski definition) is 0. The number of hydrogen-bond acceptors (Lipinski definition) is 4. The second kappa shape index (κ2) is 4.09. The molecule has 1 rings (SSSR count). The van der Waals surface area contributed by atoms with Gasteiger partial charge >= 0.3 is 5.97 Å². The van der Waals surface area contributed by atoms with Gasteiger partial charge in [-0.3, -0.25) is 9.79 Å². The lowest BCUT2D eigenvalue weighted by Gasteiger charge is -2.25. The van der Waals surface area contributed by atoms with Gasteiger partial charge in [-0.05, 0) is 6.92 Å². The smallest absolute Gasteiger partial charge is 0.312 e. The van der Waals surface area contributed by atoms with Gasteiger partial charge in [-0.15, -0.1) is 0 Å². The van der Waals surface area contributed by atoms with Crippen LogP contribution < -0.4 is 0 Å². The third-order valence-electron chi connectivity index (χ3n) is 1.97. The minimum Gasteiger partial charge on any atom is -0.469 e. The topological polar surface area (TPSA) is 41.9 Å². The molecule has 0 amide bonds. The van der Waals surface area contributed by atoms with Crippen LogP contribution in [0.25, 0.3) is 0 Å². The van der Waals surface area contributed by atoms with Crippen molar-refractivity contribution in [1.82, 2.24) is 4.90 Å². The highest BCUT2D eigenvalue weighted by molar-refractivity contribution is 5.74. The highest BCUT2D eigenvalue weighted by Crippen LogP contribution is 2.07. The van der Waals surface area contributed by atoms with Gasteiger partial charge in [-0.2, -0.15) is 0 Å². The second-order valence-corrected chi connectivity index (χ2v) is 2.79. The van der Waals surface area contributed by atoms with Crippen molar-refractivity contribution in [3.05, 3.63) is 0 Å². The third kappa shape index (κ3) is 1.96. The summed E-state index contributed by atoms with van der Waals surface area (Å²) in [5.74, 6) is -0.245. The Labute approximate surface area is 72.2 Å². The average molecular weight is 170 g/mol. The standard InChI is InChI=1S/C8H14N2O2/c1-3-10-5-7(4-9-6-10)8(11)12-2/h6-7H,3-5H2,1-2H3. The summed E-state index contributed by atoms with van der Waals surface area (Å²) in [6.07, 6.45) is 1.79. The van der Waals surface area contributed by atoms with E-state index in [2.05, 4.69) is 9.73 Å². The molecule has 12 heavy (non-hydrogen) atoms. The maximum Gasteiger partial charge on any atom is 0.312 e.